The number of Topliss-reactive ketones (excluding diaryl/α,β-unsaturated/α-hetero) is 1. The van der Waals surface area contributed by atoms with Crippen molar-refractivity contribution in [1.82, 2.24) is 19.9 Å². The van der Waals surface area contributed by atoms with Crippen LogP contribution in [0.5, 0.6) is 0 Å². The third kappa shape index (κ3) is 6.18. The number of nitrogens with zero attached hydrogens (tertiary/aromatic N) is 3. The number of hydrogen-bond donors (Lipinski definition) is 2. The summed E-state index contributed by atoms with van der Waals surface area (Å²) >= 11 is 1.25. The Labute approximate surface area is 218 Å². The van der Waals surface area contributed by atoms with E-state index in [0.717, 1.165) is 19.6 Å². The van der Waals surface area contributed by atoms with E-state index in [1.807, 2.05) is 12.1 Å². The molecule has 1 aliphatic heterocycles. The highest BCUT2D eigenvalue weighted by atomic mass is 32.2. The van der Waals surface area contributed by atoms with Crippen molar-refractivity contribution in [2.75, 3.05) is 26.7 Å². The molecule has 1 unspecified atom stereocenters. The van der Waals surface area contributed by atoms with Gasteiger partial charge in [-0.25, -0.2) is 8.42 Å². The van der Waals surface area contributed by atoms with Gasteiger partial charge in [0.05, 0.1) is 34.6 Å². The lowest BCUT2D eigenvalue weighted by atomic mass is 10.1. The topological polar surface area (TPSA) is 139 Å². The van der Waals surface area contributed by atoms with Gasteiger partial charge in [0.1, 0.15) is 7.11 Å². The van der Waals surface area contributed by atoms with Crippen LogP contribution < -0.4 is 20.2 Å². The van der Waals surface area contributed by atoms with Crippen molar-refractivity contribution in [1.29, 1.82) is 0 Å². The van der Waals surface area contributed by atoms with Crippen molar-refractivity contribution in [2.24, 2.45) is 0 Å². The zero-order valence-corrected chi connectivity index (χ0v) is 21.6. The van der Waals surface area contributed by atoms with Crippen LogP contribution in [-0.4, -0.2) is 68.1 Å². The highest BCUT2D eigenvalue weighted by Crippen LogP contribution is 2.26. The maximum Gasteiger partial charge on any atom is 0.362 e. The Bertz CT molecular complexity index is 1390. The number of carbonyl (C=O) groups excluding carboxylic acids is 3. The van der Waals surface area contributed by atoms with Crippen LogP contribution in [0.3, 0.4) is 0 Å². The van der Waals surface area contributed by atoms with Gasteiger partial charge < -0.3 is 10.6 Å². The first-order chi connectivity index (χ1) is 17.8. The Kier molecular flexibility index (Phi) is 8.26. The van der Waals surface area contributed by atoms with E-state index in [2.05, 4.69) is 15.6 Å². The molecule has 1 atom stereocenters. The average Bonchev–Trinajstić information content (AvgIpc) is 3.34. The first-order valence-corrected chi connectivity index (χ1v) is 13.7. The number of ketones is 1. The van der Waals surface area contributed by atoms with Gasteiger partial charge in [-0.15, -0.1) is 11.3 Å². The highest BCUT2D eigenvalue weighted by molar-refractivity contribution is 7.89. The minimum atomic E-state index is -4.01. The Hall–Kier alpha value is -3.68. The summed E-state index contributed by atoms with van der Waals surface area (Å²) in [7, 11) is -2.66. The molecule has 0 aromatic carbocycles. The van der Waals surface area contributed by atoms with Crippen molar-refractivity contribution in [3.05, 3.63) is 65.8 Å². The van der Waals surface area contributed by atoms with Gasteiger partial charge in [0.25, 0.3) is 5.91 Å². The number of amides is 2. The molecule has 0 saturated carbocycles. The summed E-state index contributed by atoms with van der Waals surface area (Å²) in [6.45, 7) is -0.587. The molecule has 0 aliphatic carbocycles. The van der Waals surface area contributed by atoms with Crippen molar-refractivity contribution in [3.8, 4) is 10.6 Å². The van der Waals surface area contributed by atoms with Crippen LogP contribution in [-0.2, 0) is 19.6 Å². The van der Waals surface area contributed by atoms with Gasteiger partial charge in [-0.05, 0) is 43.2 Å². The van der Waals surface area contributed by atoms with E-state index in [9.17, 15) is 22.8 Å². The fourth-order valence-electron chi connectivity index (χ4n) is 3.85. The van der Waals surface area contributed by atoms with Crippen molar-refractivity contribution < 1.29 is 32.4 Å². The van der Waals surface area contributed by atoms with Gasteiger partial charge in [-0.2, -0.15) is 4.31 Å². The Morgan fingerprint density at radius 1 is 1.19 bits per heavy atom. The van der Waals surface area contributed by atoms with E-state index in [0.29, 0.717) is 11.3 Å². The highest BCUT2D eigenvalue weighted by Gasteiger charge is 2.38. The number of carbonyl (C=O) groups is 3. The number of nitrogens with one attached hydrogen (secondary N) is 2. The van der Waals surface area contributed by atoms with Crippen molar-refractivity contribution in [3.63, 3.8) is 0 Å². The van der Waals surface area contributed by atoms with Crippen LogP contribution in [0.1, 0.15) is 22.5 Å². The normalized spacial score (nSPS) is 16.6. The van der Waals surface area contributed by atoms with E-state index in [4.69, 9.17) is 4.84 Å². The summed E-state index contributed by atoms with van der Waals surface area (Å²) in [4.78, 5) is 48.4. The number of sulfonamides is 1. The molecule has 4 rings (SSSR count). The van der Waals surface area contributed by atoms with Gasteiger partial charge in [0.15, 0.2) is 5.78 Å². The summed E-state index contributed by atoms with van der Waals surface area (Å²) in [5.41, 5.74) is 0.747. The fourth-order valence-corrected chi connectivity index (χ4v) is 6.29. The van der Waals surface area contributed by atoms with E-state index in [1.165, 1.54) is 30.7 Å². The minimum absolute atomic E-state index is 0.102. The first-order valence-electron chi connectivity index (χ1n) is 11.5. The first kappa shape index (κ1) is 26.4. The van der Waals surface area contributed by atoms with Gasteiger partial charge in [-0.1, -0.05) is 6.07 Å². The van der Waals surface area contributed by atoms with Crippen molar-refractivity contribution in [2.45, 2.75) is 23.9 Å². The molecule has 194 valence electrons. The monoisotopic (exact) mass is 544 g/mol. The Balaban J connectivity index is 1.32. The third-order valence-electron chi connectivity index (χ3n) is 5.70. The second-order valence-corrected chi connectivity index (χ2v) is 11.1. The molecule has 13 heteroatoms. The predicted octanol–water partition coefficient (Wildman–Crippen LogP) is 0.424. The molecule has 1 fully saturated rings. The van der Waals surface area contributed by atoms with Gasteiger partial charge in [0.2, 0.25) is 12.1 Å². The van der Waals surface area contributed by atoms with Gasteiger partial charge in [-0.3, -0.25) is 24.2 Å². The fraction of sp³-hybridized carbons (Fsp3) is 0.292. The van der Waals surface area contributed by atoms with Crippen LogP contribution in [0.15, 0.2) is 66.0 Å². The lowest BCUT2D eigenvalue weighted by molar-refractivity contribution is -0.914. The Morgan fingerprint density at radius 3 is 2.76 bits per heavy atom. The second kappa shape index (κ2) is 11.6. The Morgan fingerprint density at radius 2 is 2.00 bits per heavy atom. The summed E-state index contributed by atoms with van der Waals surface area (Å²) in [6, 6.07) is 12.7. The van der Waals surface area contributed by atoms with Crippen molar-refractivity contribution >= 4 is 39.0 Å². The van der Waals surface area contributed by atoms with Crippen LogP contribution >= 0.6 is 11.3 Å². The molecule has 2 N–H and O–H groups in total. The summed E-state index contributed by atoms with van der Waals surface area (Å²) in [5, 5.41) is 5.07. The maximum atomic E-state index is 13.1. The lowest BCUT2D eigenvalue weighted by Gasteiger charge is -2.18. The smallest absolute Gasteiger partial charge is 0.345 e. The summed E-state index contributed by atoms with van der Waals surface area (Å²) in [6.07, 6.45) is 3.77. The molecule has 0 spiro atoms. The molecule has 0 radical (unpaired) electrons. The molecule has 37 heavy (non-hydrogen) atoms. The SMILES string of the molecule is CO[n+]1ccccc1S(=O)(=O)N1CCCC(NC(=O)CNC(=O)c2ccc(-c3ccccn3)s2)C(=O)C1. The predicted molar refractivity (Wildman–Crippen MR) is 134 cm³/mol. The van der Waals surface area contributed by atoms with Crippen LogP contribution in [0.4, 0.5) is 0 Å². The molecule has 3 aromatic heterocycles. The number of thiophene rings is 1. The summed E-state index contributed by atoms with van der Waals surface area (Å²) < 4.78 is 28.5. The average molecular weight is 545 g/mol. The maximum absolute atomic E-state index is 13.1. The quantitative estimate of drug-likeness (QED) is 0.392. The summed E-state index contributed by atoms with van der Waals surface area (Å²) in [5.74, 6) is -1.38. The van der Waals surface area contributed by atoms with E-state index in [1.54, 1.807) is 36.5 Å². The van der Waals surface area contributed by atoms with Gasteiger partial charge in [0, 0.05) is 29.6 Å². The number of aromatic nitrogens is 2. The molecule has 0 bridgehead atoms. The zero-order chi connectivity index (χ0) is 26.4. The van der Waals surface area contributed by atoms with E-state index in [-0.39, 0.29) is 31.1 Å². The zero-order valence-electron chi connectivity index (χ0n) is 20.0. The standard InChI is InChI=1S/C24H25N5O6S2/c1-35-29-14-5-3-9-23(29)37(33,34)28-13-6-8-17(19(30)16-28)27-22(31)15-26-24(32)21-11-10-20(36-21)18-7-2-4-12-25-18/h2-5,7,9-12,14,17H,6,8,13,15-16H2,1H3,(H-,26,27,31,32)/p+1. The molecule has 4 heterocycles. The largest absolute Gasteiger partial charge is 0.362 e. The molecule has 3 aromatic rings. The van der Waals surface area contributed by atoms with Crippen LogP contribution in [0.25, 0.3) is 10.6 Å². The molecule has 1 saturated heterocycles. The van der Waals surface area contributed by atoms with E-state index >= 15 is 0 Å². The molecular formula is C24H26N5O6S2+. The molecule has 11 nitrogen and oxygen atoms in total. The second-order valence-electron chi connectivity index (χ2n) is 8.18. The third-order valence-corrected chi connectivity index (χ3v) is 8.65. The van der Waals surface area contributed by atoms with Crippen LogP contribution in [0.2, 0.25) is 0 Å². The molecular weight excluding hydrogens is 518 g/mol. The minimum Gasteiger partial charge on any atom is -0.345 e. The molecule has 2 amide bonds. The van der Waals surface area contributed by atoms with Gasteiger partial charge >= 0.3 is 15.0 Å². The van der Waals surface area contributed by atoms with E-state index < -0.39 is 33.7 Å². The number of rotatable bonds is 8. The number of pyridine rings is 2. The molecule has 1 aliphatic rings. The number of hydrogen-bond acceptors (Lipinski definition) is 8. The lowest BCUT2D eigenvalue weighted by Crippen LogP contribution is -2.50. The van der Waals surface area contributed by atoms with Crippen LogP contribution in [0, 0.1) is 0 Å².